The number of carbonyl (C=O) groups is 2. The van der Waals surface area contributed by atoms with Gasteiger partial charge in [0, 0.05) is 11.6 Å². The van der Waals surface area contributed by atoms with E-state index in [0.717, 1.165) is 19.4 Å². The van der Waals surface area contributed by atoms with E-state index < -0.39 is 0 Å². The molecule has 2 N–H and O–H groups in total. The van der Waals surface area contributed by atoms with Crippen LogP contribution in [0.15, 0.2) is 12.1 Å². The molecule has 6 heteroatoms. The van der Waals surface area contributed by atoms with Crippen molar-refractivity contribution < 1.29 is 24.0 Å². The van der Waals surface area contributed by atoms with Gasteiger partial charge in [0.05, 0.1) is 18.3 Å². The summed E-state index contributed by atoms with van der Waals surface area (Å²) in [6.07, 6.45) is 3.56. The summed E-state index contributed by atoms with van der Waals surface area (Å²) in [6, 6.07) is 3.81. The van der Waals surface area contributed by atoms with E-state index >= 15 is 0 Å². The molecule has 0 spiro atoms. The number of anilines is 1. The first-order valence-corrected chi connectivity index (χ1v) is 8.13. The van der Waals surface area contributed by atoms with Gasteiger partial charge in [-0.1, -0.05) is 0 Å². The lowest BCUT2D eigenvalue weighted by Gasteiger charge is -2.29. The number of piperidine rings is 1. The Morgan fingerprint density at radius 1 is 1.26 bits per heavy atom. The van der Waals surface area contributed by atoms with E-state index in [4.69, 9.17) is 9.47 Å². The third-order valence-electron chi connectivity index (χ3n) is 4.64. The van der Waals surface area contributed by atoms with E-state index in [-0.39, 0.29) is 18.5 Å². The summed E-state index contributed by atoms with van der Waals surface area (Å²) >= 11 is 0. The van der Waals surface area contributed by atoms with Crippen LogP contribution in [0.1, 0.15) is 43.5 Å². The Balaban J connectivity index is 1.74. The number of quaternary nitrogens is 1. The number of nitrogens with one attached hydrogen (secondary N) is 2. The van der Waals surface area contributed by atoms with Gasteiger partial charge in [-0.2, -0.15) is 0 Å². The second-order valence-electron chi connectivity index (χ2n) is 6.34. The lowest BCUT2D eigenvalue weighted by Crippen LogP contribution is -3.17. The highest BCUT2D eigenvalue weighted by atomic mass is 16.7. The van der Waals surface area contributed by atoms with Crippen LogP contribution < -0.4 is 19.7 Å². The summed E-state index contributed by atoms with van der Waals surface area (Å²) in [6.45, 7) is 5.25. The molecule has 2 aliphatic rings. The highest BCUT2D eigenvalue weighted by molar-refractivity contribution is 6.04. The van der Waals surface area contributed by atoms with E-state index in [1.807, 2.05) is 0 Å². The number of fused-ring (bicyclic) bond motifs is 1. The largest absolute Gasteiger partial charge is 0.454 e. The van der Waals surface area contributed by atoms with Gasteiger partial charge in [0.1, 0.15) is 0 Å². The zero-order valence-electron chi connectivity index (χ0n) is 13.6. The lowest BCUT2D eigenvalue weighted by atomic mass is 10.0. The lowest BCUT2D eigenvalue weighted by molar-refractivity contribution is -0.920. The number of amides is 1. The molecule has 0 bridgehead atoms. The van der Waals surface area contributed by atoms with Crippen LogP contribution in [-0.2, 0) is 4.79 Å². The average Bonchev–Trinajstić information content (AvgIpc) is 2.96. The molecule has 1 aromatic carbocycles. The van der Waals surface area contributed by atoms with Gasteiger partial charge in [-0.3, -0.25) is 9.59 Å². The monoisotopic (exact) mass is 319 g/mol. The molecule has 0 aliphatic carbocycles. The third-order valence-corrected chi connectivity index (χ3v) is 4.64. The first-order valence-electron chi connectivity index (χ1n) is 8.13. The van der Waals surface area contributed by atoms with Gasteiger partial charge in [-0.25, -0.2) is 0 Å². The molecule has 1 unspecified atom stereocenters. The highest BCUT2D eigenvalue weighted by Gasteiger charge is 2.25. The number of carbonyl (C=O) groups excluding carboxylic acids is 2. The molecule has 0 radical (unpaired) electrons. The third kappa shape index (κ3) is 3.47. The molecule has 6 nitrogen and oxygen atoms in total. The van der Waals surface area contributed by atoms with Crippen molar-refractivity contribution in [2.24, 2.45) is 0 Å². The van der Waals surface area contributed by atoms with Gasteiger partial charge in [-0.15, -0.1) is 0 Å². The first kappa shape index (κ1) is 15.8. The van der Waals surface area contributed by atoms with Crippen molar-refractivity contribution in [1.29, 1.82) is 0 Å². The fourth-order valence-corrected chi connectivity index (χ4v) is 3.25. The minimum absolute atomic E-state index is 0.0740. The summed E-state index contributed by atoms with van der Waals surface area (Å²) in [4.78, 5) is 25.5. The van der Waals surface area contributed by atoms with Crippen molar-refractivity contribution >= 4 is 17.4 Å². The van der Waals surface area contributed by atoms with Gasteiger partial charge >= 0.3 is 0 Å². The highest BCUT2D eigenvalue weighted by Crippen LogP contribution is 2.37. The van der Waals surface area contributed by atoms with Crippen molar-refractivity contribution in [3.63, 3.8) is 0 Å². The minimum atomic E-state index is -0.114. The van der Waals surface area contributed by atoms with Crippen LogP contribution in [0.3, 0.4) is 0 Å². The molecule has 1 fully saturated rings. The van der Waals surface area contributed by atoms with Gasteiger partial charge in [0.25, 0.3) is 5.91 Å². The number of hydrogen-bond acceptors (Lipinski definition) is 4. The van der Waals surface area contributed by atoms with Crippen molar-refractivity contribution in [3.05, 3.63) is 17.7 Å². The number of ketones is 1. The molecular formula is C17H23N2O4+. The summed E-state index contributed by atoms with van der Waals surface area (Å²) < 4.78 is 10.6. The molecule has 124 valence electrons. The molecule has 1 amide bonds. The van der Waals surface area contributed by atoms with Crippen molar-refractivity contribution in [3.8, 4) is 11.5 Å². The Bertz CT molecular complexity index is 629. The maximum atomic E-state index is 12.4. The van der Waals surface area contributed by atoms with Crippen molar-refractivity contribution in [2.45, 2.75) is 39.2 Å². The Labute approximate surface area is 135 Å². The standard InChI is InChI=1S/C17H22N2O4/c1-11-5-3-4-6-19(11)9-17(21)18-14-8-16-15(22-10-23-16)7-13(14)12(2)20/h7-8,11H,3-6,9-10H2,1-2H3,(H,18,21)/p+1/t11-/m1/s1. The van der Waals surface area contributed by atoms with E-state index in [2.05, 4.69) is 12.2 Å². The van der Waals surface area contributed by atoms with Crippen LogP contribution in [0.2, 0.25) is 0 Å². The van der Waals surface area contributed by atoms with E-state index in [1.165, 1.54) is 18.2 Å². The molecule has 2 aliphatic heterocycles. The summed E-state index contributed by atoms with van der Waals surface area (Å²) in [5.41, 5.74) is 0.945. The number of likely N-dealkylation sites (tertiary alicyclic amines) is 1. The van der Waals surface area contributed by atoms with Gasteiger partial charge in [0.2, 0.25) is 6.79 Å². The number of ether oxygens (including phenoxy) is 2. The summed E-state index contributed by atoms with van der Waals surface area (Å²) in [7, 11) is 0. The predicted molar refractivity (Wildman–Crippen MR) is 85.2 cm³/mol. The number of rotatable bonds is 4. The van der Waals surface area contributed by atoms with Crippen molar-refractivity contribution in [2.75, 3.05) is 25.2 Å². The van der Waals surface area contributed by atoms with E-state index in [1.54, 1.807) is 12.1 Å². The topological polar surface area (TPSA) is 69.1 Å². The quantitative estimate of drug-likeness (QED) is 0.813. The SMILES string of the molecule is CC(=O)c1cc2c(cc1NC(=O)C[NH+]1CCCC[C@H]1C)OCO2. The Kier molecular flexibility index (Phi) is 4.52. The second kappa shape index (κ2) is 6.58. The number of Topliss-reactive ketones (excluding diaryl/α,β-unsaturated/α-hetero) is 1. The summed E-state index contributed by atoms with van der Waals surface area (Å²) in [5.74, 6) is 0.917. The molecular weight excluding hydrogens is 296 g/mol. The maximum absolute atomic E-state index is 12.4. The first-order chi connectivity index (χ1) is 11.0. The average molecular weight is 319 g/mol. The van der Waals surface area contributed by atoms with E-state index in [9.17, 15) is 9.59 Å². The normalized spacial score (nSPS) is 22.7. The smallest absolute Gasteiger partial charge is 0.279 e. The molecule has 23 heavy (non-hydrogen) atoms. The number of hydrogen-bond donors (Lipinski definition) is 2. The second-order valence-corrected chi connectivity index (χ2v) is 6.34. The molecule has 0 saturated carbocycles. The minimum Gasteiger partial charge on any atom is -0.454 e. The van der Waals surface area contributed by atoms with Crippen LogP contribution in [-0.4, -0.2) is 37.6 Å². The van der Waals surface area contributed by atoms with E-state index in [0.29, 0.717) is 35.3 Å². The van der Waals surface area contributed by atoms with Gasteiger partial charge in [-0.05, 0) is 39.2 Å². The molecule has 2 atom stereocenters. The van der Waals surface area contributed by atoms with Gasteiger partial charge in [0.15, 0.2) is 23.8 Å². The molecule has 1 saturated heterocycles. The van der Waals surface area contributed by atoms with Crippen LogP contribution in [0, 0.1) is 0 Å². The maximum Gasteiger partial charge on any atom is 0.279 e. The molecule has 0 aromatic heterocycles. The van der Waals surface area contributed by atoms with Gasteiger partial charge < -0.3 is 19.7 Å². The molecule has 3 rings (SSSR count). The van der Waals surface area contributed by atoms with Crippen LogP contribution in [0.25, 0.3) is 0 Å². The van der Waals surface area contributed by atoms with Crippen LogP contribution in [0.5, 0.6) is 11.5 Å². The number of benzene rings is 1. The fourth-order valence-electron chi connectivity index (χ4n) is 3.25. The van der Waals surface area contributed by atoms with Crippen LogP contribution >= 0.6 is 0 Å². The Morgan fingerprint density at radius 2 is 2.00 bits per heavy atom. The summed E-state index contributed by atoms with van der Waals surface area (Å²) in [5, 5.41) is 2.87. The zero-order valence-corrected chi connectivity index (χ0v) is 13.6. The molecule has 2 heterocycles. The Morgan fingerprint density at radius 3 is 2.70 bits per heavy atom. The van der Waals surface area contributed by atoms with Crippen LogP contribution in [0.4, 0.5) is 5.69 Å². The predicted octanol–water partition coefficient (Wildman–Crippen LogP) is 1.01. The molecule has 1 aromatic rings. The zero-order chi connectivity index (χ0) is 16.4. The van der Waals surface area contributed by atoms with Crippen molar-refractivity contribution in [1.82, 2.24) is 0 Å². The Hall–Kier alpha value is -2.08. The fraction of sp³-hybridized carbons (Fsp3) is 0.529.